The smallest absolute Gasteiger partial charge is 0.152 e. The van der Waals surface area contributed by atoms with E-state index in [1.165, 1.54) is 12.1 Å². The molecular weight excluding hydrogens is 157 g/mol. The Bertz CT molecular complexity index is 438. The van der Waals surface area contributed by atoms with Crippen molar-refractivity contribution in [3.8, 4) is 0 Å². The first kappa shape index (κ1) is 7.03. The number of rotatable bonds is 1. The van der Waals surface area contributed by atoms with Crippen LogP contribution in [-0.2, 0) is 0 Å². The molecule has 0 radical (unpaired) electrons. The number of carbonyl (C=O) groups excluding carboxylic acids is 1. The van der Waals surface area contributed by atoms with E-state index in [1.54, 1.807) is 12.3 Å². The van der Waals surface area contributed by atoms with Gasteiger partial charge in [0.05, 0.1) is 0 Å². The molecule has 2 rings (SSSR count). The van der Waals surface area contributed by atoms with E-state index in [-0.39, 0.29) is 7.24 Å². The predicted octanol–water partition coefficient (Wildman–Crippen LogP) is 2.37. The van der Waals surface area contributed by atoms with Crippen LogP contribution in [0.5, 0.6) is 0 Å². The predicted molar refractivity (Wildman–Crippen MR) is 45.8 cm³/mol. The van der Waals surface area contributed by atoms with E-state index < -0.39 is 0 Å². The minimum absolute atomic E-state index is 0. The molecule has 1 aromatic heterocycles. The Hall–Kier alpha value is -1.64. The van der Waals surface area contributed by atoms with E-state index in [0.29, 0.717) is 17.2 Å². The minimum Gasteiger partial charge on any atom is -0.360 e. The van der Waals surface area contributed by atoms with Gasteiger partial charge in [0, 0.05) is 24.1 Å². The molecule has 1 aromatic carbocycles. The molecule has 0 saturated carbocycles. The topological polar surface area (TPSA) is 32.9 Å². The number of aromatic nitrogens is 1. The number of hydrogen-bond acceptors (Lipinski definition) is 1. The fraction of sp³-hybridized carbons (Fsp3) is 0. The number of aldehydes is 1. The van der Waals surface area contributed by atoms with E-state index in [0.717, 1.165) is 5.52 Å². The number of aromatic amines is 1. The maximum atomic E-state index is 12.7. The Morgan fingerprint density at radius 2 is 2.33 bits per heavy atom. The van der Waals surface area contributed by atoms with Gasteiger partial charge in [-0.15, -0.1) is 0 Å². The van der Waals surface area contributed by atoms with Crippen molar-refractivity contribution in [2.45, 2.75) is 0 Å². The first-order valence-corrected chi connectivity index (χ1v) is 3.53. The van der Waals surface area contributed by atoms with Crippen molar-refractivity contribution in [2.24, 2.45) is 0 Å². The highest BCUT2D eigenvalue weighted by atomic mass is 19.1. The molecule has 0 fully saturated rings. The highest BCUT2D eigenvalue weighted by Crippen LogP contribution is 2.17. The van der Waals surface area contributed by atoms with Gasteiger partial charge >= 0.3 is 0 Å². The molecule has 2 aromatic rings. The average molecular weight is 165 g/mol. The number of H-pyrrole nitrogens is 1. The van der Waals surface area contributed by atoms with Crippen LogP contribution in [0.3, 0.4) is 0 Å². The average Bonchev–Trinajstić information content (AvgIpc) is 2.46. The molecule has 0 atom stereocenters. The Labute approximate surface area is 69.5 Å². The van der Waals surface area contributed by atoms with Crippen molar-refractivity contribution < 1.29 is 10.6 Å². The van der Waals surface area contributed by atoms with E-state index in [1.807, 2.05) is 0 Å². The second-order valence-corrected chi connectivity index (χ2v) is 2.55. The first-order valence-electron chi connectivity index (χ1n) is 3.53. The van der Waals surface area contributed by atoms with Crippen LogP contribution in [0, 0.1) is 5.82 Å². The third-order valence-electron chi connectivity index (χ3n) is 1.80. The fourth-order valence-electron chi connectivity index (χ4n) is 1.21. The third kappa shape index (κ3) is 0.906. The maximum Gasteiger partial charge on any atom is 0.152 e. The maximum absolute atomic E-state index is 12.7. The number of fused-ring (bicyclic) bond motifs is 1. The number of hydrogen-bond donors (Lipinski definition) is 1. The number of carbonyl (C=O) groups is 1. The Kier molecular flexibility index (Phi) is 1.43. The summed E-state index contributed by atoms with van der Waals surface area (Å²) in [4.78, 5) is 13.3. The second-order valence-electron chi connectivity index (χ2n) is 2.55. The SMILES string of the molecule is O=Cc1c[nH]c2ccc(F)cc12.[HH]. The highest BCUT2D eigenvalue weighted by molar-refractivity contribution is 5.97. The molecule has 62 valence electrons. The molecule has 3 heteroatoms. The van der Waals surface area contributed by atoms with Crippen molar-refractivity contribution in [1.29, 1.82) is 0 Å². The quantitative estimate of drug-likeness (QED) is 0.646. The van der Waals surface area contributed by atoms with Gasteiger partial charge in [-0.1, -0.05) is 0 Å². The number of halogens is 1. The van der Waals surface area contributed by atoms with Crippen LogP contribution in [0.15, 0.2) is 24.4 Å². The van der Waals surface area contributed by atoms with E-state index in [9.17, 15) is 9.18 Å². The Morgan fingerprint density at radius 3 is 3.08 bits per heavy atom. The van der Waals surface area contributed by atoms with Gasteiger partial charge in [0.2, 0.25) is 0 Å². The molecule has 1 N–H and O–H groups in total. The van der Waals surface area contributed by atoms with Gasteiger partial charge in [-0.3, -0.25) is 4.79 Å². The first-order chi connectivity index (χ1) is 5.81. The van der Waals surface area contributed by atoms with Crippen LogP contribution in [0.2, 0.25) is 0 Å². The van der Waals surface area contributed by atoms with Crippen molar-refractivity contribution in [3.05, 3.63) is 35.8 Å². The van der Waals surface area contributed by atoms with Crippen LogP contribution >= 0.6 is 0 Å². The van der Waals surface area contributed by atoms with E-state index in [4.69, 9.17) is 0 Å². The molecule has 0 spiro atoms. The molecule has 1 heterocycles. The van der Waals surface area contributed by atoms with Crippen molar-refractivity contribution in [2.75, 3.05) is 0 Å². The van der Waals surface area contributed by atoms with E-state index >= 15 is 0 Å². The summed E-state index contributed by atoms with van der Waals surface area (Å²) in [5.41, 5.74) is 1.27. The van der Waals surface area contributed by atoms with Gasteiger partial charge in [0.25, 0.3) is 0 Å². The summed E-state index contributed by atoms with van der Waals surface area (Å²) in [6.45, 7) is 0. The highest BCUT2D eigenvalue weighted by Gasteiger charge is 2.02. The Balaban J connectivity index is 0.000000845. The number of benzene rings is 1. The molecule has 0 aliphatic rings. The molecular formula is C9H8FNO. The molecule has 0 unspecified atom stereocenters. The Morgan fingerprint density at radius 1 is 1.50 bits per heavy atom. The summed E-state index contributed by atoms with van der Waals surface area (Å²) in [7, 11) is 0. The van der Waals surface area contributed by atoms with E-state index in [2.05, 4.69) is 4.98 Å². The zero-order valence-electron chi connectivity index (χ0n) is 6.17. The van der Waals surface area contributed by atoms with Gasteiger partial charge in [-0.25, -0.2) is 4.39 Å². The zero-order chi connectivity index (χ0) is 8.55. The lowest BCUT2D eigenvalue weighted by Gasteiger charge is -1.89. The monoisotopic (exact) mass is 165 g/mol. The third-order valence-corrected chi connectivity index (χ3v) is 1.80. The van der Waals surface area contributed by atoms with Gasteiger partial charge < -0.3 is 4.98 Å². The normalized spacial score (nSPS) is 10.4. The van der Waals surface area contributed by atoms with Gasteiger partial charge in [0.1, 0.15) is 5.82 Å². The van der Waals surface area contributed by atoms with Crippen LogP contribution in [0.1, 0.15) is 11.8 Å². The minimum atomic E-state index is -0.329. The molecule has 0 amide bonds. The van der Waals surface area contributed by atoms with Crippen LogP contribution < -0.4 is 0 Å². The molecule has 12 heavy (non-hydrogen) atoms. The summed E-state index contributed by atoms with van der Waals surface area (Å²) in [6, 6.07) is 4.31. The molecule has 2 nitrogen and oxygen atoms in total. The summed E-state index contributed by atoms with van der Waals surface area (Å²) >= 11 is 0. The van der Waals surface area contributed by atoms with Crippen molar-refractivity contribution >= 4 is 17.2 Å². The van der Waals surface area contributed by atoms with Gasteiger partial charge in [0.15, 0.2) is 6.29 Å². The lowest BCUT2D eigenvalue weighted by Crippen LogP contribution is -1.76. The number of nitrogens with one attached hydrogen (secondary N) is 1. The van der Waals surface area contributed by atoms with Crippen molar-refractivity contribution in [1.82, 2.24) is 4.98 Å². The zero-order valence-corrected chi connectivity index (χ0v) is 6.17. The van der Waals surface area contributed by atoms with Crippen LogP contribution in [0.4, 0.5) is 4.39 Å². The lowest BCUT2D eigenvalue weighted by molar-refractivity contribution is 0.112. The summed E-state index contributed by atoms with van der Waals surface area (Å²) in [5.74, 6) is -0.329. The molecule has 0 aliphatic carbocycles. The molecule has 0 saturated heterocycles. The van der Waals surface area contributed by atoms with Crippen LogP contribution in [-0.4, -0.2) is 11.3 Å². The fourth-order valence-corrected chi connectivity index (χ4v) is 1.21. The van der Waals surface area contributed by atoms with Crippen LogP contribution in [0.25, 0.3) is 10.9 Å². The second kappa shape index (κ2) is 2.44. The van der Waals surface area contributed by atoms with Gasteiger partial charge in [-0.2, -0.15) is 0 Å². The standard InChI is InChI=1S/C9H6FNO.H2/c10-7-1-2-9-8(3-7)6(5-12)4-11-9;/h1-5,11H;1H. The summed E-state index contributed by atoms with van der Waals surface area (Å²) < 4.78 is 12.7. The summed E-state index contributed by atoms with van der Waals surface area (Å²) in [6.07, 6.45) is 2.27. The molecule has 0 aliphatic heterocycles. The summed E-state index contributed by atoms with van der Waals surface area (Å²) in [5, 5.41) is 0.630. The van der Waals surface area contributed by atoms with Crippen molar-refractivity contribution in [3.63, 3.8) is 0 Å². The molecule has 0 bridgehead atoms. The lowest BCUT2D eigenvalue weighted by atomic mass is 10.2. The van der Waals surface area contributed by atoms with Gasteiger partial charge in [-0.05, 0) is 18.2 Å². The largest absolute Gasteiger partial charge is 0.360 e.